The first kappa shape index (κ1) is 30.2. The van der Waals surface area contributed by atoms with Crippen molar-refractivity contribution in [3.8, 4) is 28.0 Å². The number of anilines is 1. The van der Waals surface area contributed by atoms with Crippen LogP contribution in [0.2, 0.25) is 25.7 Å². The van der Waals surface area contributed by atoms with Crippen molar-refractivity contribution < 1.29 is 19.4 Å². The second kappa shape index (κ2) is 12.1. The summed E-state index contributed by atoms with van der Waals surface area (Å²) in [6.07, 6.45) is 5.55. The van der Waals surface area contributed by atoms with Gasteiger partial charge in [-0.25, -0.2) is 9.48 Å². The summed E-state index contributed by atoms with van der Waals surface area (Å²) >= 11 is 0. The van der Waals surface area contributed by atoms with Gasteiger partial charge in [-0.15, -0.1) is 0 Å². The molecule has 5 rings (SSSR count). The molecule has 2 atom stereocenters. The lowest BCUT2D eigenvalue weighted by Gasteiger charge is -2.41. The van der Waals surface area contributed by atoms with Gasteiger partial charge < -0.3 is 24.8 Å². The van der Waals surface area contributed by atoms with E-state index < -0.39 is 14.2 Å². The van der Waals surface area contributed by atoms with Gasteiger partial charge in [0.2, 0.25) is 0 Å². The zero-order valence-corrected chi connectivity index (χ0v) is 26.9. The molecule has 2 aliphatic rings. The number of piperidine rings is 1. The number of hydrogen-bond acceptors (Lipinski definition) is 5. The molecule has 9 heteroatoms. The van der Waals surface area contributed by atoms with E-state index in [4.69, 9.17) is 9.47 Å². The Hall–Kier alpha value is -3.30. The molecule has 0 saturated carbocycles. The Bertz CT molecular complexity index is 1410. The number of nitrogens with one attached hydrogen (secondary N) is 1. The van der Waals surface area contributed by atoms with E-state index in [0.29, 0.717) is 19.9 Å². The zero-order valence-electron chi connectivity index (χ0n) is 25.9. The van der Waals surface area contributed by atoms with E-state index in [2.05, 4.69) is 87.2 Å². The monoisotopic (exact) mass is 590 g/mol. The number of benzene rings is 2. The molecule has 0 bridgehead atoms. The molecule has 1 amide bonds. The first-order valence-corrected chi connectivity index (χ1v) is 18.8. The number of nitrogens with zero attached hydrogens (tertiary/aromatic N) is 3. The SMILES string of the molecule is CC(C)(C)C[C@@H]1C[C@H](Nc2ccc3c(c2)OCc2cc(-c4cnn(COCC[Si](C)(C)C)c4)ccc2-3)CCN1C(=O)O. The summed E-state index contributed by atoms with van der Waals surface area (Å²) in [5, 5.41) is 17.9. The van der Waals surface area contributed by atoms with Crippen molar-refractivity contribution in [2.24, 2.45) is 5.41 Å². The maximum Gasteiger partial charge on any atom is 0.407 e. The maximum atomic E-state index is 11.8. The molecule has 0 unspecified atom stereocenters. The lowest BCUT2D eigenvalue weighted by molar-refractivity contribution is 0.0786. The third kappa shape index (κ3) is 7.55. The van der Waals surface area contributed by atoms with Gasteiger partial charge in [-0.05, 0) is 65.6 Å². The van der Waals surface area contributed by atoms with Crippen LogP contribution in [0.15, 0.2) is 48.8 Å². The minimum absolute atomic E-state index is 0.0123. The molecular weight excluding hydrogens is 544 g/mol. The molecule has 2 aromatic carbocycles. The summed E-state index contributed by atoms with van der Waals surface area (Å²) in [5.74, 6) is 0.873. The summed E-state index contributed by atoms with van der Waals surface area (Å²) in [6, 6.07) is 14.2. The Morgan fingerprint density at radius 3 is 2.67 bits per heavy atom. The highest BCUT2D eigenvalue weighted by Gasteiger charge is 2.34. The van der Waals surface area contributed by atoms with Crippen molar-refractivity contribution >= 4 is 19.9 Å². The molecule has 8 nitrogen and oxygen atoms in total. The topological polar surface area (TPSA) is 88.9 Å². The van der Waals surface area contributed by atoms with Crippen LogP contribution < -0.4 is 10.1 Å². The molecule has 3 heterocycles. The fourth-order valence-electron chi connectivity index (χ4n) is 5.95. The van der Waals surface area contributed by atoms with Crippen molar-refractivity contribution in [1.29, 1.82) is 0 Å². The van der Waals surface area contributed by atoms with Crippen LogP contribution in [-0.4, -0.2) is 59.2 Å². The normalized spacial score (nSPS) is 18.7. The van der Waals surface area contributed by atoms with E-state index >= 15 is 0 Å². The highest BCUT2D eigenvalue weighted by Crippen LogP contribution is 2.41. The van der Waals surface area contributed by atoms with Gasteiger partial charge in [-0.1, -0.05) is 52.5 Å². The molecule has 1 fully saturated rings. The fraction of sp³-hybridized carbons (Fsp3) is 0.515. The van der Waals surface area contributed by atoms with Crippen LogP contribution >= 0.6 is 0 Å². The van der Waals surface area contributed by atoms with E-state index in [-0.39, 0.29) is 17.5 Å². The first-order chi connectivity index (χ1) is 19.8. The largest absolute Gasteiger partial charge is 0.488 e. The maximum absolute atomic E-state index is 11.8. The Morgan fingerprint density at radius 2 is 1.93 bits per heavy atom. The molecule has 42 heavy (non-hydrogen) atoms. The summed E-state index contributed by atoms with van der Waals surface area (Å²) in [4.78, 5) is 13.5. The molecule has 2 aliphatic heterocycles. The number of carboxylic acid groups (broad SMARTS) is 1. The molecule has 1 saturated heterocycles. The average molecular weight is 591 g/mol. The standard InChI is InChI=1S/C33H46N4O4Si/c1-33(2,3)18-28-16-27(11-12-37(28)32(38)39)35-26-8-10-30-29-9-7-23(15-24(29)21-41-31(30)17-26)25-19-34-36(20-25)22-40-13-14-42(4,5)6/h7-10,15,17,19-20,27-28,35H,11-14,16,18,21-22H2,1-6H3,(H,38,39)/t27-,28+/m1/s1. The van der Waals surface area contributed by atoms with Crippen LogP contribution in [0.3, 0.4) is 0 Å². The molecule has 2 N–H and O–H groups in total. The van der Waals surface area contributed by atoms with Gasteiger partial charge >= 0.3 is 6.09 Å². The number of amides is 1. The predicted octanol–water partition coefficient (Wildman–Crippen LogP) is 7.78. The molecule has 3 aromatic rings. The first-order valence-electron chi connectivity index (χ1n) is 15.1. The highest BCUT2D eigenvalue weighted by atomic mass is 28.3. The van der Waals surface area contributed by atoms with E-state index in [1.54, 1.807) is 4.90 Å². The number of fused-ring (bicyclic) bond motifs is 3. The second-order valence-electron chi connectivity index (χ2n) is 14.2. The number of hydrogen-bond donors (Lipinski definition) is 2. The Morgan fingerprint density at radius 1 is 1.14 bits per heavy atom. The summed E-state index contributed by atoms with van der Waals surface area (Å²) < 4.78 is 14.0. The number of likely N-dealkylation sites (tertiary alicyclic amines) is 1. The van der Waals surface area contributed by atoms with Crippen LogP contribution in [0.5, 0.6) is 5.75 Å². The molecular formula is C33H46N4O4Si. The lowest BCUT2D eigenvalue weighted by Crippen LogP contribution is -2.50. The minimum atomic E-state index is -1.10. The lowest BCUT2D eigenvalue weighted by atomic mass is 9.83. The molecule has 0 aliphatic carbocycles. The predicted molar refractivity (Wildman–Crippen MR) is 171 cm³/mol. The van der Waals surface area contributed by atoms with Crippen LogP contribution in [0.1, 0.15) is 45.6 Å². The van der Waals surface area contributed by atoms with Crippen LogP contribution in [0, 0.1) is 5.41 Å². The Labute approximate surface area is 251 Å². The molecule has 0 spiro atoms. The van der Waals surface area contributed by atoms with Crippen molar-refractivity contribution in [3.05, 3.63) is 54.4 Å². The third-order valence-corrected chi connectivity index (χ3v) is 9.83. The second-order valence-corrected chi connectivity index (χ2v) is 19.9. The van der Waals surface area contributed by atoms with Gasteiger partial charge in [0.15, 0.2) is 0 Å². The van der Waals surface area contributed by atoms with E-state index in [0.717, 1.165) is 65.6 Å². The van der Waals surface area contributed by atoms with Gasteiger partial charge in [-0.2, -0.15) is 5.10 Å². The third-order valence-electron chi connectivity index (χ3n) is 8.13. The Kier molecular flexibility index (Phi) is 8.71. The van der Waals surface area contributed by atoms with E-state index in [9.17, 15) is 9.90 Å². The van der Waals surface area contributed by atoms with Gasteiger partial charge in [-0.3, -0.25) is 0 Å². The minimum Gasteiger partial charge on any atom is -0.488 e. The summed E-state index contributed by atoms with van der Waals surface area (Å²) in [7, 11) is -1.10. The van der Waals surface area contributed by atoms with E-state index in [1.165, 1.54) is 5.56 Å². The van der Waals surface area contributed by atoms with Crippen molar-refractivity contribution in [3.63, 3.8) is 0 Å². The fourth-order valence-corrected chi connectivity index (χ4v) is 6.71. The van der Waals surface area contributed by atoms with Crippen LogP contribution in [0.4, 0.5) is 10.5 Å². The van der Waals surface area contributed by atoms with Gasteiger partial charge in [0.05, 0.1) is 6.20 Å². The average Bonchev–Trinajstić information content (AvgIpc) is 3.38. The van der Waals surface area contributed by atoms with Crippen LogP contribution in [0.25, 0.3) is 22.3 Å². The molecule has 226 valence electrons. The summed E-state index contributed by atoms with van der Waals surface area (Å²) in [6.45, 7) is 15.9. The van der Waals surface area contributed by atoms with E-state index in [1.807, 2.05) is 17.1 Å². The number of aromatic nitrogens is 2. The van der Waals surface area contributed by atoms with Crippen LogP contribution in [-0.2, 0) is 18.1 Å². The van der Waals surface area contributed by atoms with Gasteiger partial charge in [0.25, 0.3) is 0 Å². The van der Waals surface area contributed by atoms with Crippen molar-refractivity contribution in [2.75, 3.05) is 18.5 Å². The Balaban J connectivity index is 1.24. The molecule has 1 aromatic heterocycles. The summed E-state index contributed by atoms with van der Waals surface area (Å²) in [5.41, 5.74) is 6.69. The quantitative estimate of drug-likeness (QED) is 0.195. The number of ether oxygens (including phenoxy) is 2. The van der Waals surface area contributed by atoms with Crippen molar-refractivity contribution in [1.82, 2.24) is 14.7 Å². The van der Waals surface area contributed by atoms with Gasteiger partial charge in [0.1, 0.15) is 19.1 Å². The van der Waals surface area contributed by atoms with Gasteiger partial charge in [0, 0.05) is 62.4 Å². The molecule has 0 radical (unpaired) electrons. The highest BCUT2D eigenvalue weighted by molar-refractivity contribution is 6.76. The zero-order chi connectivity index (χ0) is 30.1. The number of rotatable bonds is 9. The smallest absolute Gasteiger partial charge is 0.407 e. The van der Waals surface area contributed by atoms with Crippen molar-refractivity contribution in [2.45, 2.75) is 91.1 Å². The number of carbonyl (C=O) groups is 1.